The second kappa shape index (κ2) is 11.4. The van der Waals surface area contributed by atoms with Gasteiger partial charge < -0.3 is 29.0 Å². The van der Waals surface area contributed by atoms with Crippen molar-refractivity contribution in [2.75, 3.05) is 27.1 Å². The van der Waals surface area contributed by atoms with E-state index in [2.05, 4.69) is 5.32 Å². The van der Waals surface area contributed by atoms with Gasteiger partial charge in [0.25, 0.3) is 0 Å². The van der Waals surface area contributed by atoms with E-state index in [4.69, 9.17) is 23.7 Å². The molecule has 210 valence electrons. The molecule has 0 aromatic heterocycles. The fourth-order valence-corrected chi connectivity index (χ4v) is 5.74. The number of ketones is 1. The minimum Gasteiger partial charge on any atom is -0.497 e. The van der Waals surface area contributed by atoms with Crippen LogP contribution in [0.2, 0.25) is 0 Å². The van der Waals surface area contributed by atoms with Crippen molar-refractivity contribution >= 4 is 11.8 Å². The largest absolute Gasteiger partial charge is 0.497 e. The molecule has 3 aromatic carbocycles. The van der Waals surface area contributed by atoms with E-state index in [1.165, 1.54) is 0 Å². The Morgan fingerprint density at radius 3 is 2.44 bits per heavy atom. The fraction of sp³-hybridized carbons (Fsp3) is 0.273. The number of carbonyl (C=O) groups excluding carboxylic acids is 2. The highest BCUT2D eigenvalue weighted by molar-refractivity contribution is 6.04. The molecule has 8 nitrogen and oxygen atoms in total. The Bertz CT molecular complexity index is 1520. The van der Waals surface area contributed by atoms with Crippen LogP contribution in [0.5, 0.6) is 23.0 Å². The summed E-state index contributed by atoms with van der Waals surface area (Å²) in [6.07, 6.45) is 0.971. The van der Waals surface area contributed by atoms with Crippen LogP contribution in [-0.2, 0) is 14.3 Å². The average Bonchev–Trinajstić information content (AvgIpc) is 3.47. The molecule has 41 heavy (non-hydrogen) atoms. The smallest absolute Gasteiger partial charge is 0.336 e. The zero-order chi connectivity index (χ0) is 28.3. The molecule has 2 heterocycles. The van der Waals surface area contributed by atoms with Gasteiger partial charge in [-0.05, 0) is 66.8 Å². The molecule has 1 aliphatic carbocycles. The number of carbonyl (C=O) groups is 2. The summed E-state index contributed by atoms with van der Waals surface area (Å²) in [5, 5.41) is 3.40. The molecule has 0 amide bonds. The molecule has 3 aliphatic rings. The molecule has 2 aliphatic heterocycles. The number of rotatable bonds is 8. The topological polar surface area (TPSA) is 92.3 Å². The highest BCUT2D eigenvalue weighted by Crippen LogP contribution is 2.47. The monoisotopic (exact) mass is 553 g/mol. The first kappa shape index (κ1) is 26.5. The standard InChI is InChI=1S/C33H31NO7/c1-20-30(33(36)39-15-14-38-25-6-4-3-5-7-25)31(22-10-13-28-29(18-22)41-19-40-28)32-26(34-20)16-23(17-27(32)35)21-8-11-24(37-2)12-9-21/h3-13,18,23,31,34H,14-17,19H2,1-2H3/t23-,31+/m1/s1. The van der Waals surface area contributed by atoms with Crippen LogP contribution in [0.3, 0.4) is 0 Å². The van der Waals surface area contributed by atoms with Gasteiger partial charge in [0.1, 0.15) is 24.7 Å². The van der Waals surface area contributed by atoms with E-state index in [1.54, 1.807) is 7.11 Å². The van der Waals surface area contributed by atoms with Gasteiger partial charge in [0, 0.05) is 29.3 Å². The van der Waals surface area contributed by atoms with Gasteiger partial charge in [-0.2, -0.15) is 0 Å². The lowest BCUT2D eigenvalue weighted by molar-refractivity contribution is -0.140. The molecule has 0 bridgehead atoms. The molecule has 0 fully saturated rings. The molecule has 0 saturated heterocycles. The summed E-state index contributed by atoms with van der Waals surface area (Å²) in [5.74, 6) is 1.59. The number of hydrogen-bond donors (Lipinski definition) is 1. The first-order valence-corrected chi connectivity index (χ1v) is 13.6. The number of esters is 1. The number of benzene rings is 3. The normalized spacial score (nSPS) is 19.4. The number of ether oxygens (including phenoxy) is 5. The quantitative estimate of drug-likeness (QED) is 0.293. The molecule has 0 radical (unpaired) electrons. The molecule has 1 N–H and O–H groups in total. The van der Waals surface area contributed by atoms with E-state index in [9.17, 15) is 9.59 Å². The van der Waals surface area contributed by atoms with E-state index in [-0.39, 0.29) is 31.7 Å². The number of nitrogens with one attached hydrogen (secondary N) is 1. The van der Waals surface area contributed by atoms with Crippen LogP contribution in [0.4, 0.5) is 0 Å². The van der Waals surface area contributed by atoms with Gasteiger partial charge in [-0.3, -0.25) is 4.79 Å². The third-order valence-corrected chi connectivity index (χ3v) is 7.69. The van der Waals surface area contributed by atoms with E-state index in [1.807, 2.05) is 79.7 Å². The van der Waals surface area contributed by atoms with Crippen molar-refractivity contribution in [2.45, 2.75) is 31.6 Å². The minimum atomic E-state index is -0.604. The number of Topliss-reactive ketones (excluding diaryl/α,β-unsaturated/α-hetero) is 1. The van der Waals surface area contributed by atoms with E-state index >= 15 is 0 Å². The van der Waals surface area contributed by atoms with E-state index in [0.29, 0.717) is 46.9 Å². The summed E-state index contributed by atoms with van der Waals surface area (Å²) >= 11 is 0. The molecular formula is C33H31NO7. The number of hydrogen-bond acceptors (Lipinski definition) is 8. The number of methoxy groups -OCH3 is 1. The third-order valence-electron chi connectivity index (χ3n) is 7.69. The molecule has 8 heteroatoms. The van der Waals surface area contributed by atoms with Crippen molar-refractivity contribution in [3.63, 3.8) is 0 Å². The van der Waals surface area contributed by atoms with Gasteiger partial charge in [0.2, 0.25) is 6.79 Å². The van der Waals surface area contributed by atoms with Gasteiger partial charge >= 0.3 is 5.97 Å². The van der Waals surface area contributed by atoms with Crippen LogP contribution in [0.25, 0.3) is 0 Å². The molecular weight excluding hydrogens is 522 g/mol. The first-order chi connectivity index (χ1) is 20.0. The SMILES string of the molecule is COc1ccc([C@H]2CC(=O)C3=C(C2)NC(C)=C(C(=O)OCCOc2ccccc2)[C@@H]3c2ccc3c(c2)OCO3)cc1. The highest BCUT2D eigenvalue weighted by Gasteiger charge is 2.42. The Balaban J connectivity index is 1.29. The minimum absolute atomic E-state index is 0.00699. The maximum Gasteiger partial charge on any atom is 0.336 e. The molecule has 3 aromatic rings. The van der Waals surface area contributed by atoms with Gasteiger partial charge in [-0.15, -0.1) is 0 Å². The summed E-state index contributed by atoms with van der Waals surface area (Å²) in [5.41, 5.74) is 4.31. The van der Waals surface area contributed by atoms with Crippen molar-refractivity contribution in [1.29, 1.82) is 0 Å². The molecule has 0 unspecified atom stereocenters. The Kier molecular flexibility index (Phi) is 7.37. The van der Waals surface area contributed by atoms with E-state index < -0.39 is 11.9 Å². The van der Waals surface area contributed by atoms with Crippen molar-refractivity contribution in [1.82, 2.24) is 5.32 Å². The van der Waals surface area contributed by atoms with Crippen LogP contribution in [0.1, 0.15) is 42.7 Å². The van der Waals surface area contributed by atoms with Gasteiger partial charge in [0.05, 0.1) is 12.7 Å². The van der Waals surface area contributed by atoms with Crippen molar-refractivity contribution < 1.29 is 33.3 Å². The predicted octanol–water partition coefficient (Wildman–Crippen LogP) is 5.41. The Hall–Kier alpha value is -4.72. The second-order valence-corrected chi connectivity index (χ2v) is 10.2. The number of fused-ring (bicyclic) bond motifs is 1. The van der Waals surface area contributed by atoms with Crippen molar-refractivity contribution in [3.8, 4) is 23.0 Å². The Morgan fingerprint density at radius 1 is 0.902 bits per heavy atom. The van der Waals surface area contributed by atoms with Crippen LogP contribution in [0, 0.1) is 0 Å². The summed E-state index contributed by atoms with van der Waals surface area (Å²) in [4.78, 5) is 27.5. The predicted molar refractivity (Wildman–Crippen MR) is 151 cm³/mol. The number of para-hydroxylation sites is 1. The number of dihydropyridines is 1. The Morgan fingerprint density at radius 2 is 1.66 bits per heavy atom. The summed E-state index contributed by atoms with van der Waals surface area (Å²) in [6, 6.07) is 22.7. The summed E-state index contributed by atoms with van der Waals surface area (Å²) < 4.78 is 27.8. The fourth-order valence-electron chi connectivity index (χ4n) is 5.74. The molecule has 0 saturated carbocycles. The molecule has 6 rings (SSSR count). The lowest BCUT2D eigenvalue weighted by atomic mass is 9.71. The lowest BCUT2D eigenvalue weighted by Gasteiger charge is -2.36. The van der Waals surface area contributed by atoms with Crippen LogP contribution in [-0.4, -0.2) is 38.9 Å². The average molecular weight is 554 g/mol. The summed E-state index contributed by atoms with van der Waals surface area (Å²) in [6.45, 7) is 2.26. The van der Waals surface area contributed by atoms with Gasteiger partial charge in [-0.25, -0.2) is 4.79 Å². The first-order valence-electron chi connectivity index (χ1n) is 13.6. The van der Waals surface area contributed by atoms with Crippen LogP contribution >= 0.6 is 0 Å². The van der Waals surface area contributed by atoms with Crippen molar-refractivity contribution in [2.24, 2.45) is 0 Å². The number of allylic oxidation sites excluding steroid dienone is 3. The second-order valence-electron chi connectivity index (χ2n) is 10.2. The highest BCUT2D eigenvalue weighted by atomic mass is 16.7. The maximum atomic E-state index is 13.9. The zero-order valence-corrected chi connectivity index (χ0v) is 23.0. The molecule has 0 spiro atoms. The van der Waals surface area contributed by atoms with Gasteiger partial charge in [-0.1, -0.05) is 36.4 Å². The van der Waals surface area contributed by atoms with E-state index in [0.717, 1.165) is 22.6 Å². The Labute approximate surface area is 238 Å². The maximum absolute atomic E-state index is 13.9. The lowest BCUT2D eigenvalue weighted by Crippen LogP contribution is -2.36. The zero-order valence-electron chi connectivity index (χ0n) is 23.0. The van der Waals surface area contributed by atoms with Crippen LogP contribution in [0.15, 0.2) is 95.3 Å². The third kappa shape index (κ3) is 5.37. The van der Waals surface area contributed by atoms with Gasteiger partial charge in [0.15, 0.2) is 17.3 Å². The van der Waals surface area contributed by atoms with Crippen molar-refractivity contribution in [3.05, 3.63) is 106 Å². The summed E-state index contributed by atoms with van der Waals surface area (Å²) in [7, 11) is 1.63. The van der Waals surface area contributed by atoms with Crippen LogP contribution < -0.4 is 24.3 Å². The molecule has 2 atom stereocenters.